The van der Waals surface area contributed by atoms with Crippen LogP contribution in [-0.4, -0.2) is 63.9 Å². The maximum Gasteiger partial charge on any atom is 0.262 e. The molecule has 0 bridgehead atoms. The number of hydrogen-bond donors (Lipinski definition) is 3. The summed E-state index contributed by atoms with van der Waals surface area (Å²) in [6.07, 6.45) is 0.851. The molecule has 9 nitrogen and oxygen atoms in total. The highest BCUT2D eigenvalue weighted by atomic mass is 32.2. The zero-order chi connectivity index (χ0) is 27.7. The highest BCUT2D eigenvalue weighted by Gasteiger charge is 2.27. The van der Waals surface area contributed by atoms with E-state index in [1.54, 1.807) is 18.2 Å². The molecule has 3 aromatic rings. The molecule has 0 spiro atoms. The summed E-state index contributed by atoms with van der Waals surface area (Å²) in [5, 5.41) is 6.72. The number of nitrogens with one attached hydrogen (secondary N) is 2. The van der Waals surface area contributed by atoms with Gasteiger partial charge in [-0.25, -0.2) is 8.42 Å². The summed E-state index contributed by atoms with van der Waals surface area (Å²) in [6, 6.07) is 15.2. The molecule has 4 N–H and O–H groups in total. The van der Waals surface area contributed by atoms with Crippen LogP contribution < -0.4 is 16.4 Å². The lowest BCUT2D eigenvalue weighted by Crippen LogP contribution is -2.47. The third-order valence-electron chi connectivity index (χ3n) is 5.94. The molecule has 2 amide bonds. The van der Waals surface area contributed by atoms with Crippen LogP contribution in [0.4, 0.5) is 5.69 Å². The van der Waals surface area contributed by atoms with E-state index in [0.717, 1.165) is 10.1 Å². The van der Waals surface area contributed by atoms with E-state index in [2.05, 4.69) is 10.6 Å². The van der Waals surface area contributed by atoms with Gasteiger partial charge in [0.2, 0.25) is 15.9 Å². The lowest BCUT2D eigenvalue weighted by atomic mass is 10.0. The summed E-state index contributed by atoms with van der Waals surface area (Å²) in [5.74, 6) is -0.407. The molecule has 0 saturated carbocycles. The normalized spacial score (nSPS) is 12.7. The zero-order valence-corrected chi connectivity index (χ0v) is 23.6. The molecular weight excluding hydrogens is 524 g/mol. The highest BCUT2D eigenvalue weighted by molar-refractivity contribution is 7.89. The molecule has 0 aliphatic rings. The minimum Gasteiger partial charge on any atom is -0.398 e. The molecule has 1 aromatic heterocycles. The van der Waals surface area contributed by atoms with Crippen LogP contribution in [0.3, 0.4) is 0 Å². The number of fused-ring (bicyclic) bond motifs is 1. The SMILES string of the molecule is COCCN(CCCNC(=O)[C@H](CC(C)C)NC(=O)c1cc2ccccc2s1)S(=O)(=O)c1ccccc1N. The van der Waals surface area contributed by atoms with Crippen LogP contribution in [-0.2, 0) is 19.6 Å². The summed E-state index contributed by atoms with van der Waals surface area (Å²) < 4.78 is 33.8. The Labute approximate surface area is 228 Å². The maximum atomic E-state index is 13.2. The average Bonchev–Trinajstić information content (AvgIpc) is 3.32. The van der Waals surface area contributed by atoms with Crippen molar-refractivity contribution in [3.8, 4) is 0 Å². The molecule has 2 aromatic carbocycles. The summed E-state index contributed by atoms with van der Waals surface area (Å²) in [4.78, 5) is 26.5. The number of thiophene rings is 1. The monoisotopic (exact) mass is 560 g/mol. The van der Waals surface area contributed by atoms with Crippen LogP contribution in [0.1, 0.15) is 36.4 Å². The number of carbonyl (C=O) groups excluding carboxylic acids is 2. The third kappa shape index (κ3) is 7.76. The first-order chi connectivity index (χ1) is 18.1. The van der Waals surface area contributed by atoms with Crippen molar-refractivity contribution in [1.82, 2.24) is 14.9 Å². The quantitative estimate of drug-likeness (QED) is 0.204. The Hall–Kier alpha value is -2.99. The van der Waals surface area contributed by atoms with Crippen molar-refractivity contribution in [2.75, 3.05) is 39.1 Å². The number of benzene rings is 2. The molecule has 0 saturated heterocycles. The summed E-state index contributed by atoms with van der Waals surface area (Å²) >= 11 is 1.39. The Bertz CT molecular complexity index is 1310. The number of rotatable bonds is 14. The number of nitrogen functional groups attached to an aromatic ring is 1. The average molecular weight is 561 g/mol. The van der Waals surface area contributed by atoms with Gasteiger partial charge in [-0.3, -0.25) is 9.59 Å². The molecule has 1 atom stereocenters. The van der Waals surface area contributed by atoms with Crippen LogP contribution in [0.2, 0.25) is 0 Å². The third-order valence-corrected chi connectivity index (χ3v) is 9.03. The van der Waals surface area contributed by atoms with Crippen molar-refractivity contribution < 1.29 is 22.7 Å². The molecule has 206 valence electrons. The van der Waals surface area contributed by atoms with E-state index in [4.69, 9.17) is 10.5 Å². The number of ether oxygens (including phenoxy) is 1. The Morgan fingerprint density at radius 3 is 2.47 bits per heavy atom. The molecule has 0 radical (unpaired) electrons. The largest absolute Gasteiger partial charge is 0.398 e. The van der Waals surface area contributed by atoms with E-state index in [0.29, 0.717) is 17.7 Å². The van der Waals surface area contributed by atoms with Crippen LogP contribution in [0, 0.1) is 5.92 Å². The van der Waals surface area contributed by atoms with Gasteiger partial charge in [0.05, 0.1) is 17.2 Å². The molecule has 11 heteroatoms. The number of nitrogens with zero attached hydrogens (tertiary/aromatic N) is 1. The summed E-state index contributed by atoms with van der Waals surface area (Å²) in [7, 11) is -2.33. The van der Waals surface area contributed by atoms with Gasteiger partial charge in [0, 0.05) is 31.4 Å². The van der Waals surface area contributed by atoms with E-state index < -0.39 is 16.1 Å². The van der Waals surface area contributed by atoms with E-state index >= 15 is 0 Å². The maximum absolute atomic E-state index is 13.2. The van der Waals surface area contributed by atoms with Crippen LogP contribution >= 0.6 is 11.3 Å². The molecule has 0 unspecified atom stereocenters. The van der Waals surface area contributed by atoms with Crippen molar-refractivity contribution >= 4 is 48.9 Å². The minimum atomic E-state index is -3.83. The molecule has 0 aliphatic carbocycles. The molecule has 3 rings (SSSR count). The highest BCUT2D eigenvalue weighted by Crippen LogP contribution is 2.25. The number of anilines is 1. The standard InChI is InChI=1S/C27H36N4O5S2/c1-19(2)17-22(30-27(33)24-18-20-9-4-6-11-23(20)37-24)26(32)29-13-8-14-31(15-16-36-3)38(34,35)25-12-7-5-10-21(25)28/h4-7,9-12,18-19,22H,8,13-17,28H2,1-3H3,(H,29,32)(H,30,33)/t22-/m0/s1. The van der Waals surface area contributed by atoms with E-state index in [9.17, 15) is 18.0 Å². The van der Waals surface area contributed by atoms with Crippen LogP contribution in [0.25, 0.3) is 10.1 Å². The molecular formula is C27H36N4O5S2. The number of amides is 2. The van der Waals surface area contributed by atoms with Crippen molar-refractivity contribution in [2.45, 2.75) is 37.6 Å². The number of hydrogen-bond acceptors (Lipinski definition) is 7. The fourth-order valence-corrected chi connectivity index (χ4v) is 6.56. The van der Waals surface area contributed by atoms with Gasteiger partial charge in [0.1, 0.15) is 10.9 Å². The Morgan fingerprint density at radius 1 is 1.08 bits per heavy atom. The summed E-state index contributed by atoms with van der Waals surface area (Å²) in [5.41, 5.74) is 6.09. The van der Waals surface area contributed by atoms with Crippen LogP contribution in [0.15, 0.2) is 59.5 Å². The number of sulfonamides is 1. The molecule has 1 heterocycles. The second-order valence-corrected chi connectivity index (χ2v) is 12.4. The fraction of sp³-hybridized carbons (Fsp3) is 0.407. The van der Waals surface area contributed by atoms with Crippen molar-refractivity contribution in [1.29, 1.82) is 0 Å². The van der Waals surface area contributed by atoms with Crippen LogP contribution in [0.5, 0.6) is 0 Å². The molecule has 38 heavy (non-hydrogen) atoms. The van der Waals surface area contributed by atoms with Gasteiger partial charge < -0.3 is 21.1 Å². The van der Waals surface area contributed by atoms with E-state index in [1.165, 1.54) is 28.8 Å². The topological polar surface area (TPSA) is 131 Å². The Balaban J connectivity index is 1.60. The fourth-order valence-electron chi connectivity index (χ4n) is 4.02. The van der Waals surface area contributed by atoms with Gasteiger partial charge >= 0.3 is 0 Å². The lowest BCUT2D eigenvalue weighted by Gasteiger charge is -2.23. The minimum absolute atomic E-state index is 0.0427. The Morgan fingerprint density at radius 2 is 1.79 bits per heavy atom. The van der Waals surface area contributed by atoms with Gasteiger partial charge in [-0.15, -0.1) is 11.3 Å². The van der Waals surface area contributed by atoms with E-state index in [1.807, 2.05) is 44.2 Å². The number of methoxy groups -OCH3 is 1. The summed E-state index contributed by atoms with van der Waals surface area (Å²) in [6.45, 7) is 4.76. The lowest BCUT2D eigenvalue weighted by molar-refractivity contribution is -0.123. The first-order valence-corrected chi connectivity index (χ1v) is 14.8. The molecule has 0 fully saturated rings. The number of carbonyl (C=O) groups is 2. The van der Waals surface area contributed by atoms with Gasteiger partial charge in [0.15, 0.2) is 0 Å². The first kappa shape index (κ1) is 29.6. The first-order valence-electron chi connectivity index (χ1n) is 12.5. The van der Waals surface area contributed by atoms with Gasteiger partial charge in [-0.2, -0.15) is 4.31 Å². The number of nitrogens with two attached hydrogens (primary N) is 1. The van der Waals surface area contributed by atoms with Gasteiger partial charge in [-0.05, 0) is 48.4 Å². The second kappa shape index (κ2) is 13.7. The van der Waals surface area contributed by atoms with Gasteiger partial charge in [-0.1, -0.05) is 44.2 Å². The molecule has 0 aliphatic heterocycles. The van der Waals surface area contributed by atoms with Crippen molar-refractivity contribution in [3.63, 3.8) is 0 Å². The second-order valence-electron chi connectivity index (χ2n) is 9.38. The Kier molecular flexibility index (Phi) is 10.7. The number of para-hydroxylation sites is 1. The van der Waals surface area contributed by atoms with Crippen molar-refractivity contribution in [3.05, 3.63) is 59.5 Å². The zero-order valence-electron chi connectivity index (χ0n) is 22.0. The predicted octanol–water partition coefficient (Wildman–Crippen LogP) is 3.47. The smallest absolute Gasteiger partial charge is 0.262 e. The van der Waals surface area contributed by atoms with Gasteiger partial charge in [0.25, 0.3) is 5.91 Å². The predicted molar refractivity (Wildman–Crippen MR) is 152 cm³/mol. The van der Waals surface area contributed by atoms with E-state index in [-0.39, 0.29) is 54.6 Å². The van der Waals surface area contributed by atoms with Crippen molar-refractivity contribution in [2.24, 2.45) is 5.92 Å².